The number of carboxylic acids is 1. The van der Waals surface area contributed by atoms with Crippen molar-refractivity contribution < 1.29 is 9.90 Å². The zero-order valence-electron chi connectivity index (χ0n) is 13.9. The van der Waals surface area contributed by atoms with Gasteiger partial charge in [-0.2, -0.15) is 0 Å². The lowest BCUT2D eigenvalue weighted by atomic mass is 9.83. The van der Waals surface area contributed by atoms with Crippen molar-refractivity contribution in [1.29, 1.82) is 0 Å². The van der Waals surface area contributed by atoms with E-state index >= 15 is 0 Å². The summed E-state index contributed by atoms with van der Waals surface area (Å²) in [6.07, 6.45) is 9.19. The predicted octanol–water partition coefficient (Wildman–Crippen LogP) is 2.87. The predicted molar refractivity (Wildman–Crippen MR) is 85.5 cm³/mol. The van der Waals surface area contributed by atoms with Crippen molar-refractivity contribution >= 4 is 5.97 Å². The molecule has 2 unspecified atom stereocenters. The van der Waals surface area contributed by atoms with Gasteiger partial charge in [0.1, 0.15) is 5.54 Å². The molecule has 4 nitrogen and oxygen atoms in total. The van der Waals surface area contributed by atoms with Gasteiger partial charge in [0, 0.05) is 12.1 Å². The maximum atomic E-state index is 11.9. The molecule has 2 atom stereocenters. The van der Waals surface area contributed by atoms with Crippen molar-refractivity contribution in [3.8, 4) is 0 Å². The highest BCUT2D eigenvalue weighted by molar-refractivity contribution is 5.79. The van der Waals surface area contributed by atoms with Crippen molar-refractivity contribution in [1.82, 2.24) is 10.2 Å². The van der Waals surface area contributed by atoms with Gasteiger partial charge >= 0.3 is 5.97 Å². The minimum atomic E-state index is -0.690. The summed E-state index contributed by atoms with van der Waals surface area (Å²) >= 11 is 0. The van der Waals surface area contributed by atoms with Gasteiger partial charge in [-0.05, 0) is 65.5 Å². The molecule has 2 aliphatic carbocycles. The molecule has 0 aromatic rings. The van der Waals surface area contributed by atoms with E-state index in [1.165, 1.54) is 25.7 Å². The Labute approximate surface area is 129 Å². The zero-order chi connectivity index (χ0) is 15.5. The first-order valence-corrected chi connectivity index (χ1v) is 8.67. The maximum absolute atomic E-state index is 11.9. The summed E-state index contributed by atoms with van der Waals surface area (Å²) in [7, 11) is 2.21. The van der Waals surface area contributed by atoms with Crippen molar-refractivity contribution in [3.05, 3.63) is 0 Å². The van der Waals surface area contributed by atoms with Gasteiger partial charge in [-0.25, -0.2) is 0 Å². The Morgan fingerprint density at radius 1 is 1.29 bits per heavy atom. The van der Waals surface area contributed by atoms with Crippen LogP contribution in [0.25, 0.3) is 0 Å². The lowest BCUT2D eigenvalue weighted by molar-refractivity contribution is -0.147. The van der Waals surface area contributed by atoms with E-state index < -0.39 is 11.5 Å². The molecule has 2 N–H and O–H groups in total. The van der Waals surface area contributed by atoms with Gasteiger partial charge in [0.25, 0.3) is 0 Å². The SMILES string of the molecule is CC(C)NC1(C(=O)O)CCCC1CCN(C)C1CCCC1. The maximum Gasteiger partial charge on any atom is 0.324 e. The fraction of sp³-hybridized carbons (Fsp3) is 0.941. The van der Waals surface area contributed by atoms with Crippen molar-refractivity contribution in [3.63, 3.8) is 0 Å². The average molecular weight is 296 g/mol. The molecule has 2 saturated carbocycles. The van der Waals surface area contributed by atoms with Crippen LogP contribution in [0.1, 0.15) is 65.2 Å². The summed E-state index contributed by atoms with van der Waals surface area (Å²) in [6, 6.07) is 0.943. The van der Waals surface area contributed by atoms with Gasteiger partial charge in [0.05, 0.1) is 0 Å². The van der Waals surface area contributed by atoms with Gasteiger partial charge in [0.2, 0.25) is 0 Å². The summed E-state index contributed by atoms with van der Waals surface area (Å²) in [4.78, 5) is 14.4. The highest BCUT2D eigenvalue weighted by Crippen LogP contribution is 2.39. The van der Waals surface area contributed by atoms with Gasteiger partial charge in [-0.15, -0.1) is 0 Å². The molecule has 0 aromatic heterocycles. The molecule has 0 amide bonds. The van der Waals surface area contributed by atoms with Crippen LogP contribution in [0.3, 0.4) is 0 Å². The molecule has 4 heteroatoms. The first-order chi connectivity index (χ1) is 9.95. The molecule has 0 radical (unpaired) electrons. The molecule has 0 aromatic carbocycles. The summed E-state index contributed by atoms with van der Waals surface area (Å²) in [6.45, 7) is 5.12. The highest BCUT2D eigenvalue weighted by Gasteiger charge is 2.49. The van der Waals surface area contributed by atoms with Crippen LogP contribution in [0.4, 0.5) is 0 Å². The van der Waals surface area contributed by atoms with Crippen LogP contribution in [0.5, 0.6) is 0 Å². The van der Waals surface area contributed by atoms with E-state index in [0.29, 0.717) is 0 Å². The third-order valence-corrected chi connectivity index (χ3v) is 5.53. The number of aliphatic carboxylic acids is 1. The summed E-state index contributed by atoms with van der Waals surface area (Å²) in [5.41, 5.74) is -0.690. The number of carboxylic acid groups (broad SMARTS) is 1. The van der Waals surface area contributed by atoms with Crippen LogP contribution in [0.2, 0.25) is 0 Å². The van der Waals surface area contributed by atoms with E-state index in [0.717, 1.165) is 38.3 Å². The highest BCUT2D eigenvalue weighted by atomic mass is 16.4. The topological polar surface area (TPSA) is 52.6 Å². The second-order valence-corrected chi connectivity index (χ2v) is 7.37. The third kappa shape index (κ3) is 3.78. The van der Waals surface area contributed by atoms with Crippen LogP contribution in [-0.2, 0) is 4.79 Å². The van der Waals surface area contributed by atoms with E-state index in [-0.39, 0.29) is 12.0 Å². The van der Waals surface area contributed by atoms with Crippen LogP contribution in [0.15, 0.2) is 0 Å². The zero-order valence-corrected chi connectivity index (χ0v) is 13.9. The monoisotopic (exact) mass is 296 g/mol. The molecule has 21 heavy (non-hydrogen) atoms. The number of hydrogen-bond acceptors (Lipinski definition) is 3. The Morgan fingerprint density at radius 2 is 1.95 bits per heavy atom. The summed E-state index contributed by atoms with van der Waals surface area (Å²) in [5, 5.41) is 13.2. The van der Waals surface area contributed by atoms with Crippen LogP contribution in [-0.4, -0.2) is 47.2 Å². The van der Waals surface area contributed by atoms with Gasteiger partial charge < -0.3 is 10.0 Å². The fourth-order valence-corrected chi connectivity index (χ4v) is 4.40. The summed E-state index contributed by atoms with van der Waals surface area (Å²) < 4.78 is 0. The molecule has 0 aliphatic heterocycles. The Morgan fingerprint density at radius 3 is 2.52 bits per heavy atom. The largest absolute Gasteiger partial charge is 0.480 e. The van der Waals surface area contributed by atoms with Gasteiger partial charge in [0.15, 0.2) is 0 Å². The normalized spacial score (nSPS) is 30.6. The lowest BCUT2D eigenvalue weighted by Crippen LogP contribution is -2.57. The molecule has 122 valence electrons. The van der Waals surface area contributed by atoms with Crippen LogP contribution < -0.4 is 5.32 Å². The van der Waals surface area contributed by atoms with Crippen molar-refractivity contribution in [2.75, 3.05) is 13.6 Å². The Hall–Kier alpha value is -0.610. The van der Waals surface area contributed by atoms with Crippen LogP contribution >= 0.6 is 0 Å². The summed E-state index contributed by atoms with van der Waals surface area (Å²) in [5.74, 6) is -0.386. The van der Waals surface area contributed by atoms with Crippen molar-refractivity contribution in [2.24, 2.45) is 5.92 Å². The molecular weight excluding hydrogens is 264 g/mol. The minimum Gasteiger partial charge on any atom is -0.480 e. The number of hydrogen-bond donors (Lipinski definition) is 2. The average Bonchev–Trinajstić information content (AvgIpc) is 3.05. The lowest BCUT2D eigenvalue weighted by Gasteiger charge is -2.36. The molecule has 2 fully saturated rings. The van der Waals surface area contributed by atoms with E-state index in [9.17, 15) is 9.90 Å². The van der Waals surface area contributed by atoms with Crippen molar-refractivity contribution in [2.45, 2.75) is 82.8 Å². The quantitative estimate of drug-likeness (QED) is 0.758. The van der Waals surface area contributed by atoms with Gasteiger partial charge in [-0.3, -0.25) is 10.1 Å². The molecule has 0 saturated heterocycles. The van der Waals surface area contributed by atoms with E-state index in [1.54, 1.807) is 0 Å². The Balaban J connectivity index is 1.94. The fourth-order valence-electron chi connectivity index (χ4n) is 4.40. The van der Waals surface area contributed by atoms with E-state index in [4.69, 9.17) is 0 Å². The second-order valence-electron chi connectivity index (χ2n) is 7.37. The molecule has 0 spiro atoms. The van der Waals surface area contributed by atoms with E-state index in [2.05, 4.69) is 17.3 Å². The molecule has 0 bridgehead atoms. The minimum absolute atomic E-state index is 0.217. The van der Waals surface area contributed by atoms with Gasteiger partial charge in [-0.1, -0.05) is 19.3 Å². The standard InChI is InChI=1S/C17H32N2O2/c1-13(2)18-17(16(20)21)11-6-7-14(17)10-12-19(3)15-8-4-5-9-15/h13-15,18H,4-12H2,1-3H3,(H,20,21). The number of rotatable bonds is 7. The molecule has 0 heterocycles. The number of nitrogens with zero attached hydrogens (tertiary/aromatic N) is 1. The first-order valence-electron chi connectivity index (χ1n) is 8.67. The smallest absolute Gasteiger partial charge is 0.324 e. The molecule has 2 rings (SSSR count). The first kappa shape index (κ1) is 16.8. The van der Waals surface area contributed by atoms with Crippen LogP contribution in [0, 0.1) is 5.92 Å². The third-order valence-electron chi connectivity index (χ3n) is 5.53. The Bertz CT molecular complexity index is 353. The van der Waals surface area contributed by atoms with E-state index in [1.807, 2.05) is 13.8 Å². The number of nitrogens with one attached hydrogen (secondary N) is 1. The second kappa shape index (κ2) is 7.10. The Kier molecular flexibility index (Phi) is 5.67. The molecule has 2 aliphatic rings. The number of carbonyl (C=O) groups is 1. The molecular formula is C17H32N2O2.